The van der Waals surface area contributed by atoms with Gasteiger partial charge in [-0.25, -0.2) is 0 Å². The van der Waals surface area contributed by atoms with Crippen LogP contribution >= 0.6 is 0 Å². The first-order chi connectivity index (χ1) is 9.38. The van der Waals surface area contributed by atoms with Crippen LogP contribution in [0.5, 0.6) is 0 Å². The van der Waals surface area contributed by atoms with Crippen molar-refractivity contribution in [1.82, 2.24) is 5.32 Å². The second-order valence-corrected chi connectivity index (χ2v) is 6.04. The fourth-order valence-electron chi connectivity index (χ4n) is 2.01. The Morgan fingerprint density at radius 3 is 2.30 bits per heavy atom. The Morgan fingerprint density at radius 2 is 1.80 bits per heavy atom. The summed E-state index contributed by atoms with van der Waals surface area (Å²) in [4.78, 5) is 12.2. The Balaban J connectivity index is 2.06. The molecule has 2 rings (SSSR count). The first kappa shape index (κ1) is 14.4. The lowest BCUT2D eigenvalue weighted by Crippen LogP contribution is -2.26. The number of benzene rings is 1. The van der Waals surface area contributed by atoms with Crippen molar-refractivity contribution < 1.29 is 9.21 Å². The molecule has 0 unspecified atom stereocenters. The van der Waals surface area contributed by atoms with Crippen molar-refractivity contribution in [3.05, 3.63) is 59.5 Å². The van der Waals surface area contributed by atoms with E-state index in [1.807, 2.05) is 43.3 Å². The molecule has 1 atom stereocenters. The van der Waals surface area contributed by atoms with Gasteiger partial charge in [0.05, 0.1) is 12.3 Å². The molecule has 1 amide bonds. The van der Waals surface area contributed by atoms with E-state index in [0.29, 0.717) is 5.56 Å². The van der Waals surface area contributed by atoms with Gasteiger partial charge in [0, 0.05) is 5.56 Å². The van der Waals surface area contributed by atoms with E-state index in [4.69, 9.17) is 4.42 Å². The van der Waals surface area contributed by atoms with Gasteiger partial charge in [-0.15, -0.1) is 0 Å². The largest absolute Gasteiger partial charge is 0.467 e. The molecular formula is C17H21NO2. The van der Waals surface area contributed by atoms with E-state index in [-0.39, 0.29) is 17.4 Å². The van der Waals surface area contributed by atoms with E-state index in [2.05, 4.69) is 26.1 Å². The standard InChI is InChI=1S/C17H21NO2/c1-12(15-6-5-11-20-15)18-16(19)13-7-9-14(10-8-13)17(2,3)4/h5-12H,1-4H3,(H,18,19)/t12-/m0/s1. The highest BCUT2D eigenvalue weighted by molar-refractivity contribution is 5.94. The van der Waals surface area contributed by atoms with E-state index >= 15 is 0 Å². The highest BCUT2D eigenvalue weighted by Crippen LogP contribution is 2.22. The first-order valence-electron chi connectivity index (χ1n) is 6.83. The van der Waals surface area contributed by atoms with Gasteiger partial charge < -0.3 is 9.73 Å². The van der Waals surface area contributed by atoms with E-state index < -0.39 is 0 Å². The van der Waals surface area contributed by atoms with Gasteiger partial charge in [-0.1, -0.05) is 32.9 Å². The molecule has 0 aliphatic rings. The molecule has 0 fully saturated rings. The molecule has 1 aromatic carbocycles. The maximum atomic E-state index is 12.2. The summed E-state index contributed by atoms with van der Waals surface area (Å²) in [7, 11) is 0. The number of hydrogen-bond donors (Lipinski definition) is 1. The SMILES string of the molecule is C[C@H](NC(=O)c1ccc(C(C)(C)C)cc1)c1ccco1. The Hall–Kier alpha value is -2.03. The summed E-state index contributed by atoms with van der Waals surface area (Å²) in [5.41, 5.74) is 1.97. The van der Waals surface area contributed by atoms with Crippen LogP contribution in [0.4, 0.5) is 0 Å². The molecule has 3 heteroatoms. The minimum Gasteiger partial charge on any atom is -0.467 e. The Bertz CT molecular complexity index is 562. The van der Waals surface area contributed by atoms with Crippen molar-refractivity contribution in [2.75, 3.05) is 0 Å². The maximum Gasteiger partial charge on any atom is 0.251 e. The second-order valence-electron chi connectivity index (χ2n) is 6.04. The Morgan fingerprint density at radius 1 is 1.15 bits per heavy atom. The van der Waals surface area contributed by atoms with Gasteiger partial charge in [-0.05, 0) is 42.2 Å². The number of carbonyl (C=O) groups excluding carboxylic acids is 1. The average Bonchev–Trinajstić information content (AvgIpc) is 2.91. The van der Waals surface area contributed by atoms with Gasteiger partial charge >= 0.3 is 0 Å². The minimum absolute atomic E-state index is 0.0886. The summed E-state index contributed by atoms with van der Waals surface area (Å²) in [6, 6.07) is 11.3. The number of carbonyl (C=O) groups is 1. The first-order valence-corrected chi connectivity index (χ1v) is 6.83. The van der Waals surface area contributed by atoms with Crippen molar-refractivity contribution in [1.29, 1.82) is 0 Å². The zero-order valence-corrected chi connectivity index (χ0v) is 12.4. The molecule has 20 heavy (non-hydrogen) atoms. The quantitative estimate of drug-likeness (QED) is 0.914. The third-order valence-corrected chi connectivity index (χ3v) is 3.33. The van der Waals surface area contributed by atoms with Crippen LogP contribution in [0.25, 0.3) is 0 Å². The van der Waals surface area contributed by atoms with Crippen molar-refractivity contribution in [2.24, 2.45) is 0 Å². The van der Waals surface area contributed by atoms with Crippen molar-refractivity contribution in [3.63, 3.8) is 0 Å². The van der Waals surface area contributed by atoms with Gasteiger partial charge in [0.25, 0.3) is 5.91 Å². The van der Waals surface area contributed by atoms with Crippen LogP contribution in [0.2, 0.25) is 0 Å². The molecule has 0 saturated heterocycles. The summed E-state index contributed by atoms with van der Waals surface area (Å²) >= 11 is 0. The third-order valence-electron chi connectivity index (χ3n) is 3.33. The summed E-state index contributed by atoms with van der Waals surface area (Å²) in [6.07, 6.45) is 1.61. The molecule has 2 aromatic rings. The predicted octanol–water partition coefficient (Wildman–Crippen LogP) is 4.07. The Labute approximate surface area is 120 Å². The number of furan rings is 1. The van der Waals surface area contributed by atoms with Gasteiger partial charge in [-0.3, -0.25) is 4.79 Å². The lowest BCUT2D eigenvalue weighted by atomic mass is 9.86. The fraction of sp³-hybridized carbons (Fsp3) is 0.353. The zero-order valence-electron chi connectivity index (χ0n) is 12.4. The minimum atomic E-state index is -0.139. The van der Waals surface area contributed by atoms with Crippen LogP contribution in [0.3, 0.4) is 0 Å². The average molecular weight is 271 g/mol. The number of nitrogens with one attached hydrogen (secondary N) is 1. The zero-order chi connectivity index (χ0) is 14.8. The molecule has 0 bridgehead atoms. The van der Waals surface area contributed by atoms with Crippen molar-refractivity contribution in [3.8, 4) is 0 Å². The van der Waals surface area contributed by atoms with E-state index in [1.54, 1.807) is 6.26 Å². The van der Waals surface area contributed by atoms with Gasteiger partial charge in [0.1, 0.15) is 5.76 Å². The monoisotopic (exact) mass is 271 g/mol. The highest BCUT2D eigenvalue weighted by Gasteiger charge is 2.16. The highest BCUT2D eigenvalue weighted by atomic mass is 16.3. The third kappa shape index (κ3) is 3.29. The van der Waals surface area contributed by atoms with Gasteiger partial charge in [0.2, 0.25) is 0 Å². The molecule has 0 spiro atoms. The summed E-state index contributed by atoms with van der Waals surface area (Å²) in [6.45, 7) is 8.36. The molecule has 0 saturated carbocycles. The van der Waals surface area contributed by atoms with Gasteiger partial charge in [0.15, 0.2) is 0 Å². The number of hydrogen-bond acceptors (Lipinski definition) is 2. The van der Waals surface area contributed by atoms with Crippen LogP contribution in [0.1, 0.15) is 55.4 Å². The Kier molecular flexibility index (Phi) is 3.98. The van der Waals surface area contributed by atoms with Crippen LogP contribution < -0.4 is 5.32 Å². The van der Waals surface area contributed by atoms with E-state index in [1.165, 1.54) is 5.56 Å². The fourth-order valence-corrected chi connectivity index (χ4v) is 2.01. The molecule has 0 aliphatic heterocycles. The van der Waals surface area contributed by atoms with Crippen LogP contribution in [-0.2, 0) is 5.41 Å². The van der Waals surface area contributed by atoms with Gasteiger partial charge in [-0.2, -0.15) is 0 Å². The molecule has 1 heterocycles. The lowest BCUT2D eigenvalue weighted by Gasteiger charge is -2.19. The number of amides is 1. The van der Waals surface area contributed by atoms with Crippen LogP contribution in [-0.4, -0.2) is 5.91 Å². The second kappa shape index (κ2) is 5.53. The normalized spacial score (nSPS) is 13.0. The topological polar surface area (TPSA) is 42.2 Å². The van der Waals surface area contributed by atoms with Crippen molar-refractivity contribution >= 4 is 5.91 Å². The molecule has 1 aromatic heterocycles. The van der Waals surface area contributed by atoms with Crippen LogP contribution in [0.15, 0.2) is 47.1 Å². The summed E-state index contributed by atoms with van der Waals surface area (Å²) in [5, 5.41) is 2.92. The van der Waals surface area contributed by atoms with E-state index in [0.717, 1.165) is 5.76 Å². The lowest BCUT2D eigenvalue weighted by molar-refractivity contribution is 0.0935. The molecule has 1 N–H and O–H groups in total. The maximum absolute atomic E-state index is 12.2. The number of rotatable bonds is 3. The molecule has 0 aliphatic carbocycles. The molecule has 3 nitrogen and oxygen atoms in total. The molecule has 0 radical (unpaired) electrons. The predicted molar refractivity (Wildman–Crippen MR) is 79.7 cm³/mol. The van der Waals surface area contributed by atoms with Crippen molar-refractivity contribution in [2.45, 2.75) is 39.2 Å². The van der Waals surface area contributed by atoms with E-state index in [9.17, 15) is 4.79 Å². The molecular weight excluding hydrogens is 250 g/mol. The summed E-state index contributed by atoms with van der Waals surface area (Å²) in [5.74, 6) is 0.666. The molecule has 106 valence electrons. The summed E-state index contributed by atoms with van der Waals surface area (Å²) < 4.78 is 5.28. The van der Waals surface area contributed by atoms with Crippen LogP contribution in [0, 0.1) is 0 Å². The smallest absolute Gasteiger partial charge is 0.251 e.